The van der Waals surface area contributed by atoms with Crippen molar-refractivity contribution in [3.8, 4) is 22.3 Å². The number of furan rings is 1. The molecule has 0 aliphatic heterocycles. The van der Waals surface area contributed by atoms with Gasteiger partial charge in [-0.05, 0) is 99.1 Å². The lowest BCUT2D eigenvalue weighted by atomic mass is 9.93. The first kappa shape index (κ1) is 30.0. The van der Waals surface area contributed by atoms with Gasteiger partial charge in [0.25, 0.3) is 0 Å². The van der Waals surface area contributed by atoms with Crippen LogP contribution in [0.4, 0.5) is 17.1 Å². The Kier molecular flexibility index (Phi) is 6.76. The summed E-state index contributed by atoms with van der Waals surface area (Å²) in [7, 11) is 0. The first-order chi connectivity index (χ1) is 26.2. The van der Waals surface area contributed by atoms with Gasteiger partial charge >= 0.3 is 0 Å². The first-order valence-electron chi connectivity index (χ1n) is 18.0. The van der Waals surface area contributed by atoms with E-state index in [-0.39, 0.29) is 0 Å². The molecule has 0 atom stereocenters. The minimum Gasteiger partial charge on any atom is -0.456 e. The van der Waals surface area contributed by atoms with E-state index in [1.54, 1.807) is 0 Å². The van der Waals surface area contributed by atoms with Crippen molar-refractivity contribution in [1.82, 2.24) is 0 Å². The third kappa shape index (κ3) is 4.93. The van der Waals surface area contributed by atoms with Gasteiger partial charge < -0.3 is 9.32 Å². The molecule has 0 aliphatic carbocycles. The highest BCUT2D eigenvalue weighted by atomic mass is 32.1. The van der Waals surface area contributed by atoms with Gasteiger partial charge in [-0.15, -0.1) is 11.3 Å². The van der Waals surface area contributed by atoms with E-state index >= 15 is 0 Å². The number of rotatable bonds is 5. The van der Waals surface area contributed by atoms with Crippen LogP contribution in [0.25, 0.3) is 85.9 Å². The number of anilines is 3. The van der Waals surface area contributed by atoms with Crippen molar-refractivity contribution >= 4 is 92.1 Å². The Morgan fingerprint density at radius 2 is 1.04 bits per heavy atom. The second kappa shape index (κ2) is 11.9. The molecule has 2 heterocycles. The van der Waals surface area contributed by atoms with Gasteiger partial charge in [0, 0.05) is 59.5 Å². The lowest BCUT2D eigenvalue weighted by molar-refractivity contribution is 0.669. The second-order valence-electron chi connectivity index (χ2n) is 13.7. The number of hydrogen-bond acceptors (Lipinski definition) is 3. The Balaban J connectivity index is 1.10. The van der Waals surface area contributed by atoms with Gasteiger partial charge in [-0.1, -0.05) is 121 Å². The van der Waals surface area contributed by atoms with E-state index in [9.17, 15) is 0 Å². The zero-order valence-electron chi connectivity index (χ0n) is 28.7. The summed E-state index contributed by atoms with van der Waals surface area (Å²) in [4.78, 5) is 2.35. The Labute approximate surface area is 310 Å². The van der Waals surface area contributed by atoms with Crippen molar-refractivity contribution in [3.63, 3.8) is 0 Å². The Hall–Kier alpha value is -6.68. The van der Waals surface area contributed by atoms with E-state index in [1.165, 1.54) is 64.0 Å². The molecule has 0 radical (unpaired) electrons. The molecule has 0 saturated heterocycles. The molecule has 0 spiro atoms. The average molecular weight is 694 g/mol. The molecule has 248 valence electrons. The van der Waals surface area contributed by atoms with Crippen LogP contribution in [-0.2, 0) is 0 Å². The summed E-state index contributed by atoms with van der Waals surface area (Å²) in [6.07, 6.45) is 0. The molecule has 9 aromatic carbocycles. The van der Waals surface area contributed by atoms with E-state index in [4.69, 9.17) is 4.42 Å². The number of hydrogen-bond donors (Lipinski definition) is 0. The number of thiophene rings is 1. The van der Waals surface area contributed by atoms with Gasteiger partial charge in [-0.2, -0.15) is 0 Å². The van der Waals surface area contributed by atoms with Crippen LogP contribution >= 0.6 is 11.3 Å². The van der Waals surface area contributed by atoms with Crippen LogP contribution in [0, 0.1) is 0 Å². The van der Waals surface area contributed by atoms with E-state index < -0.39 is 0 Å². The second-order valence-corrected chi connectivity index (χ2v) is 14.8. The van der Waals surface area contributed by atoms with Crippen molar-refractivity contribution in [1.29, 1.82) is 0 Å². The summed E-state index contributed by atoms with van der Waals surface area (Å²) < 4.78 is 9.34. The van der Waals surface area contributed by atoms with Crippen molar-refractivity contribution in [3.05, 3.63) is 188 Å². The molecule has 2 aromatic heterocycles. The van der Waals surface area contributed by atoms with Gasteiger partial charge in [-0.25, -0.2) is 0 Å². The van der Waals surface area contributed by atoms with E-state index in [1.807, 2.05) is 11.3 Å². The molecule has 0 aliphatic rings. The lowest BCUT2D eigenvalue weighted by Crippen LogP contribution is -2.09. The average Bonchev–Trinajstić information content (AvgIpc) is 3.79. The smallest absolute Gasteiger partial charge is 0.137 e. The molecule has 0 N–H and O–H groups in total. The molecular formula is C50H31NOS. The highest BCUT2D eigenvalue weighted by molar-refractivity contribution is 7.25. The molecule has 11 rings (SSSR count). The van der Waals surface area contributed by atoms with Crippen molar-refractivity contribution in [2.75, 3.05) is 4.90 Å². The minimum absolute atomic E-state index is 0.867. The van der Waals surface area contributed by atoms with Gasteiger partial charge in [-0.3, -0.25) is 0 Å². The molecule has 53 heavy (non-hydrogen) atoms. The third-order valence-electron chi connectivity index (χ3n) is 10.6. The van der Waals surface area contributed by atoms with Gasteiger partial charge in [0.2, 0.25) is 0 Å². The predicted molar refractivity (Wildman–Crippen MR) is 227 cm³/mol. The molecule has 0 amide bonds. The van der Waals surface area contributed by atoms with Crippen LogP contribution in [0.1, 0.15) is 0 Å². The summed E-state index contributed by atoms with van der Waals surface area (Å²) >= 11 is 1.84. The number of benzene rings is 9. The molecule has 0 saturated carbocycles. The minimum atomic E-state index is 0.867. The largest absolute Gasteiger partial charge is 0.456 e. The molecule has 2 nitrogen and oxygen atoms in total. The molecular weight excluding hydrogens is 663 g/mol. The Bertz CT molecular complexity index is 3170. The summed E-state index contributed by atoms with van der Waals surface area (Å²) in [6.45, 7) is 0. The topological polar surface area (TPSA) is 16.4 Å². The zero-order valence-corrected chi connectivity index (χ0v) is 29.5. The number of fused-ring (bicyclic) bond motifs is 9. The maximum Gasteiger partial charge on any atom is 0.137 e. The van der Waals surface area contributed by atoms with Crippen LogP contribution in [0.5, 0.6) is 0 Å². The van der Waals surface area contributed by atoms with Crippen molar-refractivity contribution in [2.45, 2.75) is 0 Å². The fraction of sp³-hybridized carbons (Fsp3) is 0. The predicted octanol–water partition coefficient (Wildman–Crippen LogP) is 15.1. The standard InChI is InChI=1S/C50H31NOS/c1-2-9-32(10-3-1)34-19-22-38(23-20-34)51(39-25-28-48-44(30-39)42-14-6-7-16-47(42)53-48)40-24-26-43-46(31-40)52-45-27-21-35-13-8-15-41(49(35)50(43)45)37-18-17-33-11-4-5-12-36(33)29-37/h1-31H. The Morgan fingerprint density at radius 1 is 0.358 bits per heavy atom. The number of nitrogens with zero attached hydrogens (tertiary/aromatic N) is 1. The van der Waals surface area contributed by atoms with E-state index in [0.29, 0.717) is 0 Å². The monoisotopic (exact) mass is 693 g/mol. The summed E-state index contributed by atoms with van der Waals surface area (Å²) in [6, 6.07) is 67.9. The summed E-state index contributed by atoms with van der Waals surface area (Å²) in [5.74, 6) is 0. The van der Waals surface area contributed by atoms with Crippen molar-refractivity contribution < 1.29 is 4.42 Å². The van der Waals surface area contributed by atoms with Crippen LogP contribution in [0.2, 0.25) is 0 Å². The molecule has 0 unspecified atom stereocenters. The zero-order chi connectivity index (χ0) is 34.9. The fourth-order valence-electron chi connectivity index (χ4n) is 8.10. The maximum atomic E-state index is 6.75. The summed E-state index contributed by atoms with van der Waals surface area (Å²) in [5, 5.41) is 9.72. The SMILES string of the molecule is c1ccc(-c2ccc(N(c3ccc4c(c3)oc3ccc5cccc(-c6ccc7ccccc7c6)c5c34)c3ccc4sc5ccccc5c4c3)cc2)cc1. The van der Waals surface area contributed by atoms with Gasteiger partial charge in [0.1, 0.15) is 11.2 Å². The van der Waals surface area contributed by atoms with Crippen LogP contribution in [0.3, 0.4) is 0 Å². The molecule has 3 heteroatoms. The van der Waals surface area contributed by atoms with Crippen LogP contribution in [0.15, 0.2) is 192 Å². The fourth-order valence-corrected chi connectivity index (χ4v) is 9.19. The van der Waals surface area contributed by atoms with Crippen molar-refractivity contribution in [2.24, 2.45) is 0 Å². The van der Waals surface area contributed by atoms with Gasteiger partial charge in [0.05, 0.1) is 0 Å². The maximum absolute atomic E-state index is 6.75. The van der Waals surface area contributed by atoms with Crippen LogP contribution < -0.4 is 4.90 Å². The lowest BCUT2D eigenvalue weighted by Gasteiger charge is -2.26. The normalized spacial score (nSPS) is 11.8. The first-order valence-corrected chi connectivity index (χ1v) is 18.8. The third-order valence-corrected chi connectivity index (χ3v) is 11.8. The van der Waals surface area contributed by atoms with Crippen LogP contribution in [-0.4, -0.2) is 0 Å². The molecule has 0 bridgehead atoms. The highest BCUT2D eigenvalue weighted by Gasteiger charge is 2.19. The van der Waals surface area contributed by atoms with E-state index in [2.05, 4.69) is 193 Å². The quantitative estimate of drug-likeness (QED) is 0.178. The van der Waals surface area contributed by atoms with Gasteiger partial charge in [0.15, 0.2) is 0 Å². The Morgan fingerprint density at radius 3 is 1.94 bits per heavy atom. The molecule has 11 aromatic rings. The highest BCUT2D eigenvalue weighted by Crippen LogP contribution is 2.45. The van der Waals surface area contributed by atoms with E-state index in [0.717, 1.165) is 39.0 Å². The molecule has 0 fully saturated rings. The summed E-state index contributed by atoms with van der Waals surface area (Å²) in [5.41, 5.74) is 9.80.